The number of phenols is 1. The molecule has 0 aliphatic heterocycles. The Balaban J connectivity index is 0.00000256. The van der Waals surface area contributed by atoms with Crippen molar-refractivity contribution < 1.29 is 23.0 Å². The van der Waals surface area contributed by atoms with Crippen LogP contribution in [0.3, 0.4) is 0 Å². The molecule has 0 amide bonds. The second-order valence-electron chi connectivity index (χ2n) is 3.35. The number of halogens is 4. The van der Waals surface area contributed by atoms with E-state index in [-0.39, 0.29) is 23.7 Å². The van der Waals surface area contributed by atoms with Gasteiger partial charge in [0.1, 0.15) is 11.5 Å². The molecule has 0 spiro atoms. The van der Waals surface area contributed by atoms with Gasteiger partial charge in [-0.25, -0.2) is 0 Å². The normalized spacial score (nSPS) is 12.8. The van der Waals surface area contributed by atoms with Crippen LogP contribution in [-0.4, -0.2) is 18.4 Å². The van der Waals surface area contributed by atoms with Gasteiger partial charge in [0.2, 0.25) is 0 Å². The highest BCUT2D eigenvalue weighted by Crippen LogP contribution is 2.33. The fourth-order valence-electron chi connectivity index (χ4n) is 1.32. The zero-order chi connectivity index (χ0) is 12.3. The molecule has 1 atom stereocenters. The standard InChI is InChI=1S/C10H12F3NO2.ClH/c1-16-6-2-3-9(15)7(4-6)8(14)5-10(11,12)13;/h2-4,8,15H,5,14H2,1H3;1H/t8-;/m0./s1. The second-order valence-corrected chi connectivity index (χ2v) is 3.35. The lowest BCUT2D eigenvalue weighted by molar-refractivity contribution is -0.138. The molecule has 1 aromatic carbocycles. The predicted octanol–water partition coefficient (Wildman–Crippen LogP) is 2.77. The molecule has 98 valence electrons. The first-order valence-corrected chi connectivity index (χ1v) is 4.52. The highest BCUT2D eigenvalue weighted by molar-refractivity contribution is 5.85. The van der Waals surface area contributed by atoms with Crippen LogP contribution in [-0.2, 0) is 0 Å². The molecule has 0 aliphatic carbocycles. The van der Waals surface area contributed by atoms with E-state index in [4.69, 9.17) is 10.5 Å². The molecule has 0 unspecified atom stereocenters. The van der Waals surface area contributed by atoms with Gasteiger partial charge >= 0.3 is 6.18 Å². The summed E-state index contributed by atoms with van der Waals surface area (Å²) in [6.07, 6.45) is -5.55. The number of benzene rings is 1. The first-order valence-electron chi connectivity index (χ1n) is 4.52. The van der Waals surface area contributed by atoms with Crippen LogP contribution in [0.15, 0.2) is 18.2 Å². The quantitative estimate of drug-likeness (QED) is 0.889. The van der Waals surface area contributed by atoms with Crippen LogP contribution in [0.2, 0.25) is 0 Å². The second kappa shape index (κ2) is 5.97. The Bertz CT molecular complexity index is 371. The largest absolute Gasteiger partial charge is 0.508 e. The van der Waals surface area contributed by atoms with Crippen molar-refractivity contribution in [3.05, 3.63) is 23.8 Å². The van der Waals surface area contributed by atoms with Gasteiger partial charge in [0.25, 0.3) is 0 Å². The number of alkyl halides is 3. The third-order valence-corrected chi connectivity index (χ3v) is 2.09. The third-order valence-electron chi connectivity index (χ3n) is 2.09. The van der Waals surface area contributed by atoms with Crippen molar-refractivity contribution >= 4 is 12.4 Å². The van der Waals surface area contributed by atoms with E-state index in [9.17, 15) is 18.3 Å². The van der Waals surface area contributed by atoms with E-state index in [0.29, 0.717) is 5.75 Å². The number of methoxy groups -OCH3 is 1. The van der Waals surface area contributed by atoms with Crippen molar-refractivity contribution in [3.63, 3.8) is 0 Å². The van der Waals surface area contributed by atoms with Crippen molar-refractivity contribution in [2.75, 3.05) is 7.11 Å². The van der Waals surface area contributed by atoms with Gasteiger partial charge in [-0.2, -0.15) is 13.2 Å². The Kier molecular flexibility index (Phi) is 5.57. The van der Waals surface area contributed by atoms with E-state index in [1.54, 1.807) is 0 Å². The minimum atomic E-state index is -4.37. The number of hydrogen-bond acceptors (Lipinski definition) is 3. The van der Waals surface area contributed by atoms with Crippen LogP contribution in [0.25, 0.3) is 0 Å². The maximum absolute atomic E-state index is 12.1. The molecule has 3 N–H and O–H groups in total. The summed E-state index contributed by atoms with van der Waals surface area (Å²) in [5.41, 5.74) is 5.39. The summed E-state index contributed by atoms with van der Waals surface area (Å²) >= 11 is 0. The van der Waals surface area contributed by atoms with Crippen LogP contribution in [0.5, 0.6) is 11.5 Å². The fraction of sp³-hybridized carbons (Fsp3) is 0.400. The van der Waals surface area contributed by atoms with Crippen molar-refractivity contribution in [1.82, 2.24) is 0 Å². The summed E-state index contributed by atoms with van der Waals surface area (Å²) in [5.74, 6) is 0.0861. The number of nitrogens with two attached hydrogens (primary N) is 1. The Morgan fingerprint density at radius 3 is 2.47 bits per heavy atom. The number of aromatic hydroxyl groups is 1. The summed E-state index contributed by atoms with van der Waals surface area (Å²) in [5, 5.41) is 9.39. The maximum Gasteiger partial charge on any atom is 0.390 e. The van der Waals surface area contributed by atoms with Crippen molar-refractivity contribution in [2.24, 2.45) is 5.73 Å². The number of phenolic OH excluding ortho intramolecular Hbond substituents is 1. The SMILES string of the molecule is COc1ccc(O)c([C@@H](N)CC(F)(F)F)c1.Cl. The number of ether oxygens (including phenoxy) is 1. The van der Waals surface area contributed by atoms with Crippen molar-refractivity contribution in [1.29, 1.82) is 0 Å². The highest BCUT2D eigenvalue weighted by Gasteiger charge is 2.31. The molecule has 0 fully saturated rings. The molecule has 0 aliphatic rings. The molecule has 1 aromatic rings. The Hall–Kier alpha value is -1.14. The highest BCUT2D eigenvalue weighted by atomic mass is 35.5. The molecule has 0 aromatic heterocycles. The minimum Gasteiger partial charge on any atom is -0.508 e. The Morgan fingerprint density at radius 1 is 1.41 bits per heavy atom. The lowest BCUT2D eigenvalue weighted by atomic mass is 10.0. The van der Waals surface area contributed by atoms with Crippen LogP contribution in [0.1, 0.15) is 18.0 Å². The van der Waals surface area contributed by atoms with E-state index in [1.165, 1.54) is 25.3 Å². The van der Waals surface area contributed by atoms with Gasteiger partial charge in [0.15, 0.2) is 0 Å². The fourth-order valence-corrected chi connectivity index (χ4v) is 1.32. The summed E-state index contributed by atoms with van der Waals surface area (Å²) in [4.78, 5) is 0. The molecule has 0 saturated heterocycles. The first-order chi connectivity index (χ1) is 7.33. The van der Waals surface area contributed by atoms with Crippen molar-refractivity contribution in [2.45, 2.75) is 18.6 Å². The molecular weight excluding hydrogens is 259 g/mol. The smallest absolute Gasteiger partial charge is 0.390 e. The van der Waals surface area contributed by atoms with Gasteiger partial charge in [0, 0.05) is 11.6 Å². The van der Waals surface area contributed by atoms with Gasteiger partial charge in [-0.3, -0.25) is 0 Å². The van der Waals surface area contributed by atoms with Crippen LogP contribution in [0, 0.1) is 0 Å². The molecule has 1 rings (SSSR count). The zero-order valence-electron chi connectivity index (χ0n) is 8.99. The topological polar surface area (TPSA) is 55.5 Å². The van der Waals surface area contributed by atoms with E-state index in [2.05, 4.69) is 0 Å². The van der Waals surface area contributed by atoms with Crippen molar-refractivity contribution in [3.8, 4) is 11.5 Å². The van der Waals surface area contributed by atoms with Gasteiger partial charge in [-0.05, 0) is 18.2 Å². The van der Waals surface area contributed by atoms with E-state index < -0.39 is 18.6 Å². The van der Waals surface area contributed by atoms with Gasteiger partial charge in [-0.15, -0.1) is 12.4 Å². The summed E-state index contributed by atoms with van der Waals surface area (Å²) < 4.78 is 41.2. The molecule has 7 heteroatoms. The minimum absolute atomic E-state index is 0. The maximum atomic E-state index is 12.1. The molecule has 0 heterocycles. The number of rotatable bonds is 3. The lowest BCUT2D eigenvalue weighted by Gasteiger charge is -2.16. The molecule has 17 heavy (non-hydrogen) atoms. The lowest BCUT2D eigenvalue weighted by Crippen LogP contribution is -2.20. The average Bonchev–Trinajstić information content (AvgIpc) is 2.15. The summed E-state index contributed by atoms with van der Waals surface area (Å²) in [7, 11) is 1.38. The molecule has 3 nitrogen and oxygen atoms in total. The third kappa shape index (κ3) is 4.70. The van der Waals surface area contributed by atoms with Gasteiger partial charge in [-0.1, -0.05) is 0 Å². The molecular formula is C10H13ClF3NO2. The first kappa shape index (κ1) is 15.9. The van der Waals surface area contributed by atoms with E-state index in [1.807, 2.05) is 0 Å². The summed E-state index contributed by atoms with van der Waals surface area (Å²) in [6, 6.07) is 2.70. The molecule has 0 radical (unpaired) electrons. The summed E-state index contributed by atoms with van der Waals surface area (Å²) in [6.45, 7) is 0. The molecule has 0 bridgehead atoms. The van der Waals surface area contributed by atoms with Gasteiger partial charge in [0.05, 0.1) is 13.5 Å². The van der Waals surface area contributed by atoms with E-state index >= 15 is 0 Å². The predicted molar refractivity (Wildman–Crippen MR) is 59.5 cm³/mol. The van der Waals surface area contributed by atoms with Gasteiger partial charge < -0.3 is 15.6 Å². The van der Waals surface area contributed by atoms with Crippen LogP contribution < -0.4 is 10.5 Å². The Morgan fingerprint density at radius 2 is 2.00 bits per heavy atom. The van der Waals surface area contributed by atoms with Crippen LogP contribution in [0.4, 0.5) is 13.2 Å². The van der Waals surface area contributed by atoms with E-state index in [0.717, 1.165) is 0 Å². The number of hydrogen-bond donors (Lipinski definition) is 2. The average molecular weight is 272 g/mol. The molecule has 0 saturated carbocycles. The van der Waals surface area contributed by atoms with Crippen LogP contribution >= 0.6 is 12.4 Å². The zero-order valence-corrected chi connectivity index (χ0v) is 9.81. The monoisotopic (exact) mass is 271 g/mol. The Labute approximate surface area is 103 Å².